The average molecular weight is 222 g/mol. The van der Waals surface area contributed by atoms with E-state index in [9.17, 15) is 4.39 Å². The second kappa shape index (κ2) is 4.93. The van der Waals surface area contributed by atoms with Gasteiger partial charge >= 0.3 is 0 Å². The molecule has 88 valence electrons. The Bertz CT molecular complexity index is 365. The largest absolute Gasteiger partial charge is 0.327 e. The van der Waals surface area contributed by atoms with Crippen molar-refractivity contribution < 1.29 is 4.39 Å². The molecule has 0 unspecified atom stereocenters. The molecule has 1 saturated heterocycles. The van der Waals surface area contributed by atoms with Crippen molar-refractivity contribution in [2.75, 3.05) is 13.1 Å². The molecule has 0 radical (unpaired) electrons. The Hall–Kier alpha value is -0.930. The van der Waals surface area contributed by atoms with Crippen LogP contribution in [0.5, 0.6) is 0 Å². The van der Waals surface area contributed by atoms with E-state index >= 15 is 0 Å². The molecular formula is C13H19FN2. The number of hydrogen-bond donors (Lipinski definition) is 1. The number of likely N-dealkylation sites (tertiary alicyclic amines) is 1. The van der Waals surface area contributed by atoms with Crippen LogP contribution in [0.1, 0.15) is 24.0 Å². The summed E-state index contributed by atoms with van der Waals surface area (Å²) in [5, 5.41) is 0. The molecule has 2 N–H and O–H groups in total. The zero-order chi connectivity index (χ0) is 11.5. The number of halogens is 1. The molecule has 16 heavy (non-hydrogen) atoms. The van der Waals surface area contributed by atoms with E-state index in [0.29, 0.717) is 0 Å². The number of benzene rings is 1. The highest BCUT2D eigenvalue weighted by molar-refractivity contribution is 5.27. The molecule has 2 nitrogen and oxygen atoms in total. The zero-order valence-electron chi connectivity index (χ0n) is 9.75. The van der Waals surface area contributed by atoms with E-state index < -0.39 is 0 Å². The minimum Gasteiger partial charge on any atom is -0.327 e. The fraction of sp³-hybridized carbons (Fsp3) is 0.538. The van der Waals surface area contributed by atoms with Crippen molar-refractivity contribution in [2.45, 2.75) is 32.4 Å². The summed E-state index contributed by atoms with van der Waals surface area (Å²) >= 11 is 0. The number of piperidine rings is 1. The van der Waals surface area contributed by atoms with Gasteiger partial charge in [-0.1, -0.05) is 12.1 Å². The van der Waals surface area contributed by atoms with E-state index in [1.807, 2.05) is 13.0 Å². The first-order valence-corrected chi connectivity index (χ1v) is 5.89. The van der Waals surface area contributed by atoms with Crippen LogP contribution in [-0.2, 0) is 6.54 Å². The Morgan fingerprint density at radius 2 is 2.31 bits per heavy atom. The fourth-order valence-electron chi connectivity index (χ4n) is 2.30. The number of nitrogens with zero attached hydrogens (tertiary/aromatic N) is 1. The Labute approximate surface area is 96.2 Å². The monoisotopic (exact) mass is 222 g/mol. The zero-order valence-corrected chi connectivity index (χ0v) is 9.75. The van der Waals surface area contributed by atoms with Crippen molar-refractivity contribution >= 4 is 0 Å². The summed E-state index contributed by atoms with van der Waals surface area (Å²) < 4.78 is 13.4. The molecule has 1 aliphatic rings. The van der Waals surface area contributed by atoms with Crippen LogP contribution in [0.3, 0.4) is 0 Å². The summed E-state index contributed by atoms with van der Waals surface area (Å²) in [5.74, 6) is -0.112. The van der Waals surface area contributed by atoms with E-state index in [0.717, 1.165) is 43.6 Å². The van der Waals surface area contributed by atoms with Crippen LogP contribution in [0.4, 0.5) is 4.39 Å². The highest BCUT2D eigenvalue weighted by atomic mass is 19.1. The Kier molecular flexibility index (Phi) is 3.56. The van der Waals surface area contributed by atoms with E-state index in [-0.39, 0.29) is 11.9 Å². The van der Waals surface area contributed by atoms with Crippen LogP contribution in [0.25, 0.3) is 0 Å². The third kappa shape index (κ3) is 2.60. The molecular weight excluding hydrogens is 203 g/mol. The molecule has 1 fully saturated rings. The lowest BCUT2D eigenvalue weighted by atomic mass is 10.0. The average Bonchev–Trinajstić information content (AvgIpc) is 2.25. The van der Waals surface area contributed by atoms with Crippen LogP contribution in [0, 0.1) is 12.7 Å². The van der Waals surface area contributed by atoms with Gasteiger partial charge in [-0.15, -0.1) is 0 Å². The lowest BCUT2D eigenvalue weighted by molar-refractivity contribution is 0.201. The van der Waals surface area contributed by atoms with E-state index in [1.54, 1.807) is 6.07 Å². The first kappa shape index (κ1) is 11.6. The minimum atomic E-state index is -0.112. The van der Waals surface area contributed by atoms with Crippen LogP contribution < -0.4 is 5.73 Å². The second-order valence-corrected chi connectivity index (χ2v) is 4.66. The number of nitrogens with two attached hydrogens (primary N) is 1. The standard InChI is InChI=1S/C13H19FN2/c1-10-11(4-2-6-13(10)14)8-16-7-3-5-12(15)9-16/h2,4,6,12H,3,5,7-9,15H2,1H3/t12-/m1/s1. The van der Waals surface area contributed by atoms with Crippen LogP contribution >= 0.6 is 0 Å². The first-order valence-electron chi connectivity index (χ1n) is 5.89. The summed E-state index contributed by atoms with van der Waals surface area (Å²) in [6.45, 7) is 4.66. The van der Waals surface area contributed by atoms with Crippen molar-refractivity contribution in [3.8, 4) is 0 Å². The Morgan fingerprint density at radius 3 is 3.06 bits per heavy atom. The predicted octanol–water partition coefficient (Wildman–Crippen LogP) is 2.06. The van der Waals surface area contributed by atoms with Gasteiger partial charge in [0.2, 0.25) is 0 Å². The highest BCUT2D eigenvalue weighted by Crippen LogP contribution is 2.17. The molecule has 0 spiro atoms. The summed E-state index contributed by atoms with van der Waals surface area (Å²) in [7, 11) is 0. The number of hydrogen-bond acceptors (Lipinski definition) is 2. The van der Waals surface area contributed by atoms with Crippen molar-refractivity contribution in [1.82, 2.24) is 4.90 Å². The van der Waals surface area contributed by atoms with Crippen molar-refractivity contribution in [3.63, 3.8) is 0 Å². The maximum absolute atomic E-state index is 13.4. The van der Waals surface area contributed by atoms with Gasteiger partial charge in [-0.05, 0) is 43.5 Å². The van der Waals surface area contributed by atoms with Gasteiger partial charge in [0.25, 0.3) is 0 Å². The van der Waals surface area contributed by atoms with Gasteiger partial charge in [0.1, 0.15) is 5.82 Å². The fourth-order valence-corrected chi connectivity index (χ4v) is 2.30. The molecule has 1 heterocycles. The molecule has 0 bridgehead atoms. The van der Waals surface area contributed by atoms with E-state index in [4.69, 9.17) is 5.73 Å². The third-order valence-corrected chi connectivity index (χ3v) is 3.32. The van der Waals surface area contributed by atoms with Crippen LogP contribution in [-0.4, -0.2) is 24.0 Å². The molecule has 0 aliphatic carbocycles. The van der Waals surface area contributed by atoms with Crippen LogP contribution in [0.2, 0.25) is 0 Å². The number of rotatable bonds is 2. The molecule has 0 aromatic heterocycles. The first-order chi connectivity index (χ1) is 7.66. The van der Waals surface area contributed by atoms with Gasteiger partial charge in [-0.2, -0.15) is 0 Å². The molecule has 1 aliphatic heterocycles. The predicted molar refractivity (Wildman–Crippen MR) is 63.6 cm³/mol. The Morgan fingerprint density at radius 1 is 1.50 bits per heavy atom. The molecule has 1 aromatic carbocycles. The molecule has 0 saturated carbocycles. The molecule has 1 atom stereocenters. The smallest absolute Gasteiger partial charge is 0.126 e. The van der Waals surface area contributed by atoms with Gasteiger partial charge < -0.3 is 5.73 Å². The summed E-state index contributed by atoms with van der Waals surface area (Å²) in [5.41, 5.74) is 7.77. The van der Waals surface area contributed by atoms with Crippen LogP contribution in [0.15, 0.2) is 18.2 Å². The maximum Gasteiger partial charge on any atom is 0.126 e. The molecule has 3 heteroatoms. The summed E-state index contributed by atoms with van der Waals surface area (Å²) in [6.07, 6.45) is 2.26. The van der Waals surface area contributed by atoms with Gasteiger partial charge in [0.05, 0.1) is 0 Å². The Balaban J connectivity index is 2.05. The van der Waals surface area contributed by atoms with E-state index in [2.05, 4.69) is 4.90 Å². The SMILES string of the molecule is Cc1c(F)cccc1CN1CCC[C@@H](N)C1. The normalized spacial score (nSPS) is 22.3. The summed E-state index contributed by atoms with van der Waals surface area (Å²) in [4.78, 5) is 2.32. The summed E-state index contributed by atoms with van der Waals surface area (Å²) in [6, 6.07) is 5.57. The van der Waals surface area contributed by atoms with E-state index in [1.165, 1.54) is 6.07 Å². The molecule has 0 amide bonds. The maximum atomic E-state index is 13.4. The van der Waals surface area contributed by atoms with Gasteiger partial charge in [0, 0.05) is 19.1 Å². The quantitative estimate of drug-likeness (QED) is 0.830. The third-order valence-electron chi connectivity index (χ3n) is 3.32. The van der Waals surface area contributed by atoms with Crippen molar-refractivity contribution in [1.29, 1.82) is 0 Å². The lowest BCUT2D eigenvalue weighted by Gasteiger charge is -2.31. The molecule has 2 rings (SSSR count). The second-order valence-electron chi connectivity index (χ2n) is 4.66. The van der Waals surface area contributed by atoms with Crippen molar-refractivity contribution in [3.05, 3.63) is 35.1 Å². The molecule has 1 aromatic rings. The topological polar surface area (TPSA) is 29.3 Å². The van der Waals surface area contributed by atoms with Gasteiger partial charge in [0.15, 0.2) is 0 Å². The van der Waals surface area contributed by atoms with Gasteiger partial charge in [-0.25, -0.2) is 4.39 Å². The highest BCUT2D eigenvalue weighted by Gasteiger charge is 2.17. The van der Waals surface area contributed by atoms with Gasteiger partial charge in [-0.3, -0.25) is 4.90 Å². The minimum absolute atomic E-state index is 0.112. The lowest BCUT2D eigenvalue weighted by Crippen LogP contribution is -2.42. The van der Waals surface area contributed by atoms with Crippen molar-refractivity contribution in [2.24, 2.45) is 5.73 Å².